The molecule has 0 aliphatic heterocycles. The molecule has 1 aromatic rings. The van der Waals surface area contributed by atoms with Crippen molar-refractivity contribution in [1.82, 2.24) is 4.90 Å². The van der Waals surface area contributed by atoms with Crippen LogP contribution in [0.25, 0.3) is 0 Å². The van der Waals surface area contributed by atoms with Crippen molar-refractivity contribution in [3.8, 4) is 0 Å². The molecule has 1 rings (SSSR count). The number of sulfone groups is 1. The second kappa shape index (κ2) is 8.27. The molecule has 5 heteroatoms. The molecule has 0 bridgehead atoms. The standard InChI is InChI=1S/C15H26N2O2S/c1-4-17(13-14-20(3,18)19)12-8-11-16(2)15-9-6-5-7-10-15/h5-7,9-10H,4,8,11-14H2,1-3H3. The molecule has 0 unspecified atom stereocenters. The number of hydrogen-bond acceptors (Lipinski definition) is 4. The molecule has 0 heterocycles. The lowest BCUT2D eigenvalue weighted by Crippen LogP contribution is -2.32. The van der Waals surface area contributed by atoms with E-state index in [9.17, 15) is 8.42 Å². The first-order valence-corrected chi connectivity index (χ1v) is 9.14. The van der Waals surface area contributed by atoms with Crippen LogP contribution in [0.1, 0.15) is 13.3 Å². The Morgan fingerprint density at radius 3 is 2.25 bits per heavy atom. The van der Waals surface area contributed by atoms with E-state index in [1.165, 1.54) is 11.9 Å². The molecule has 0 aromatic heterocycles. The van der Waals surface area contributed by atoms with Gasteiger partial charge in [-0.25, -0.2) is 8.42 Å². The molecule has 0 saturated carbocycles. The quantitative estimate of drug-likeness (QED) is 0.698. The first-order valence-electron chi connectivity index (χ1n) is 7.08. The zero-order chi connectivity index (χ0) is 15.0. The lowest BCUT2D eigenvalue weighted by Gasteiger charge is -2.23. The van der Waals surface area contributed by atoms with Crippen LogP contribution < -0.4 is 4.90 Å². The van der Waals surface area contributed by atoms with E-state index in [0.717, 1.165) is 26.1 Å². The van der Waals surface area contributed by atoms with Crippen molar-refractivity contribution in [2.75, 3.05) is 50.1 Å². The second-order valence-electron chi connectivity index (χ2n) is 5.17. The number of hydrogen-bond donors (Lipinski definition) is 0. The molecule has 0 N–H and O–H groups in total. The maximum absolute atomic E-state index is 11.2. The summed E-state index contributed by atoms with van der Waals surface area (Å²) in [6.07, 6.45) is 2.33. The minimum Gasteiger partial charge on any atom is -0.375 e. The second-order valence-corrected chi connectivity index (χ2v) is 7.43. The highest BCUT2D eigenvalue weighted by Gasteiger charge is 2.08. The van der Waals surface area contributed by atoms with Gasteiger partial charge in [0.2, 0.25) is 0 Å². The van der Waals surface area contributed by atoms with Gasteiger partial charge >= 0.3 is 0 Å². The Bertz CT molecular complexity index is 474. The zero-order valence-electron chi connectivity index (χ0n) is 12.7. The molecule has 0 spiro atoms. The summed E-state index contributed by atoms with van der Waals surface area (Å²) in [6.45, 7) is 5.50. The van der Waals surface area contributed by atoms with Crippen LogP contribution in [-0.2, 0) is 9.84 Å². The lowest BCUT2D eigenvalue weighted by atomic mass is 10.3. The molecule has 1 aromatic carbocycles. The Labute approximate surface area is 123 Å². The number of anilines is 1. The molecule has 0 aliphatic carbocycles. The van der Waals surface area contributed by atoms with Crippen LogP contribution >= 0.6 is 0 Å². The summed E-state index contributed by atoms with van der Waals surface area (Å²) in [5.41, 5.74) is 1.21. The van der Waals surface area contributed by atoms with Gasteiger partial charge in [0.15, 0.2) is 0 Å². The van der Waals surface area contributed by atoms with Crippen molar-refractivity contribution < 1.29 is 8.42 Å². The Kier molecular flexibility index (Phi) is 7.02. The summed E-state index contributed by atoms with van der Waals surface area (Å²) in [4.78, 5) is 4.42. The monoisotopic (exact) mass is 298 g/mol. The minimum atomic E-state index is -2.87. The molecule has 114 valence electrons. The highest BCUT2D eigenvalue weighted by Crippen LogP contribution is 2.11. The van der Waals surface area contributed by atoms with Gasteiger partial charge in [0.05, 0.1) is 5.75 Å². The Hall–Kier alpha value is -1.07. The van der Waals surface area contributed by atoms with E-state index in [4.69, 9.17) is 0 Å². The van der Waals surface area contributed by atoms with Crippen molar-refractivity contribution >= 4 is 15.5 Å². The molecule has 0 fully saturated rings. The highest BCUT2D eigenvalue weighted by molar-refractivity contribution is 7.90. The van der Waals surface area contributed by atoms with Crippen LogP contribution in [-0.4, -0.2) is 58.6 Å². The van der Waals surface area contributed by atoms with Gasteiger partial charge in [0.1, 0.15) is 9.84 Å². The van der Waals surface area contributed by atoms with E-state index in [2.05, 4.69) is 35.9 Å². The van der Waals surface area contributed by atoms with Crippen molar-refractivity contribution in [3.63, 3.8) is 0 Å². The van der Waals surface area contributed by atoms with E-state index in [1.807, 2.05) is 18.2 Å². The van der Waals surface area contributed by atoms with Gasteiger partial charge in [-0.1, -0.05) is 25.1 Å². The van der Waals surface area contributed by atoms with Gasteiger partial charge in [-0.15, -0.1) is 0 Å². The molecule has 0 amide bonds. The zero-order valence-corrected chi connectivity index (χ0v) is 13.6. The van der Waals surface area contributed by atoms with Crippen molar-refractivity contribution in [2.24, 2.45) is 0 Å². The number of benzene rings is 1. The smallest absolute Gasteiger partial charge is 0.148 e. The maximum Gasteiger partial charge on any atom is 0.148 e. The largest absolute Gasteiger partial charge is 0.375 e. The third-order valence-corrected chi connectivity index (χ3v) is 4.31. The van der Waals surface area contributed by atoms with Gasteiger partial charge in [-0.3, -0.25) is 0 Å². The summed E-state index contributed by atoms with van der Waals surface area (Å²) in [7, 11) is -0.780. The molecular weight excluding hydrogens is 272 g/mol. The van der Waals surface area contributed by atoms with Crippen LogP contribution in [0.5, 0.6) is 0 Å². The van der Waals surface area contributed by atoms with Crippen molar-refractivity contribution in [3.05, 3.63) is 30.3 Å². The van der Waals surface area contributed by atoms with Crippen molar-refractivity contribution in [1.29, 1.82) is 0 Å². The van der Waals surface area contributed by atoms with E-state index in [-0.39, 0.29) is 5.75 Å². The first kappa shape index (κ1) is 17.0. The van der Waals surface area contributed by atoms with E-state index >= 15 is 0 Å². The van der Waals surface area contributed by atoms with E-state index < -0.39 is 9.84 Å². The molecule has 0 saturated heterocycles. The topological polar surface area (TPSA) is 40.6 Å². The Morgan fingerprint density at radius 2 is 1.70 bits per heavy atom. The van der Waals surface area contributed by atoms with Gasteiger partial charge in [0.25, 0.3) is 0 Å². The van der Waals surface area contributed by atoms with Gasteiger partial charge in [0, 0.05) is 32.1 Å². The lowest BCUT2D eigenvalue weighted by molar-refractivity contribution is 0.302. The molecule has 0 aliphatic rings. The fourth-order valence-electron chi connectivity index (χ4n) is 2.07. The molecule has 0 atom stereocenters. The van der Waals surface area contributed by atoms with E-state index in [1.54, 1.807) is 0 Å². The Morgan fingerprint density at radius 1 is 1.05 bits per heavy atom. The molecule has 20 heavy (non-hydrogen) atoms. The predicted molar refractivity (Wildman–Crippen MR) is 86.2 cm³/mol. The van der Waals surface area contributed by atoms with Crippen LogP contribution in [0, 0.1) is 0 Å². The number of nitrogens with zero attached hydrogens (tertiary/aromatic N) is 2. The average Bonchev–Trinajstić information content (AvgIpc) is 2.42. The molecule has 4 nitrogen and oxygen atoms in total. The predicted octanol–water partition coefficient (Wildman–Crippen LogP) is 1.88. The van der Waals surface area contributed by atoms with Crippen LogP contribution in [0.4, 0.5) is 5.69 Å². The minimum absolute atomic E-state index is 0.245. The maximum atomic E-state index is 11.2. The molecular formula is C15H26N2O2S. The van der Waals surface area contributed by atoms with E-state index in [0.29, 0.717) is 6.54 Å². The average molecular weight is 298 g/mol. The van der Waals surface area contributed by atoms with Gasteiger partial charge in [-0.05, 0) is 31.6 Å². The summed E-state index contributed by atoms with van der Waals surface area (Å²) < 4.78 is 22.4. The third kappa shape index (κ3) is 6.91. The molecule has 0 radical (unpaired) electrons. The first-order chi connectivity index (χ1) is 9.42. The van der Waals surface area contributed by atoms with Gasteiger partial charge in [-0.2, -0.15) is 0 Å². The number of para-hydroxylation sites is 1. The normalized spacial score (nSPS) is 11.8. The summed E-state index contributed by atoms with van der Waals surface area (Å²) in [5, 5.41) is 0. The summed E-state index contributed by atoms with van der Waals surface area (Å²) in [5.74, 6) is 0.245. The fraction of sp³-hybridized carbons (Fsp3) is 0.600. The summed E-state index contributed by atoms with van der Waals surface area (Å²) >= 11 is 0. The van der Waals surface area contributed by atoms with Crippen molar-refractivity contribution in [2.45, 2.75) is 13.3 Å². The number of rotatable bonds is 9. The van der Waals surface area contributed by atoms with Crippen LogP contribution in [0.15, 0.2) is 30.3 Å². The Balaban J connectivity index is 2.31. The van der Waals surface area contributed by atoms with Crippen LogP contribution in [0.2, 0.25) is 0 Å². The van der Waals surface area contributed by atoms with Crippen LogP contribution in [0.3, 0.4) is 0 Å². The van der Waals surface area contributed by atoms with Gasteiger partial charge < -0.3 is 9.80 Å². The highest BCUT2D eigenvalue weighted by atomic mass is 32.2. The summed E-state index contributed by atoms with van der Waals surface area (Å²) in [6, 6.07) is 10.3. The SMILES string of the molecule is CCN(CCCN(C)c1ccccc1)CCS(C)(=O)=O. The third-order valence-electron chi connectivity index (χ3n) is 3.39. The fourth-order valence-corrected chi connectivity index (χ4v) is 2.66.